The zero-order valence-corrected chi connectivity index (χ0v) is 18.4. The van der Waals surface area contributed by atoms with Crippen molar-refractivity contribution in [2.45, 2.75) is 39.3 Å². The molecule has 0 aliphatic heterocycles. The summed E-state index contributed by atoms with van der Waals surface area (Å²) in [4.78, 5) is 12.5. The number of alkyl halides is 1. The van der Waals surface area contributed by atoms with Gasteiger partial charge in [-0.2, -0.15) is 9.97 Å². The first-order valence-electron chi connectivity index (χ1n) is 9.71. The number of hydrogen-bond donors (Lipinski definition) is 1. The molecule has 10 nitrogen and oxygen atoms in total. The van der Waals surface area contributed by atoms with Crippen molar-refractivity contribution in [1.82, 2.24) is 19.5 Å². The van der Waals surface area contributed by atoms with Crippen molar-refractivity contribution in [2.24, 2.45) is 0 Å². The van der Waals surface area contributed by atoms with E-state index >= 15 is 0 Å². The fourth-order valence-corrected chi connectivity index (χ4v) is 3.46. The lowest BCUT2D eigenvalue weighted by Crippen LogP contribution is -2.30. The summed E-state index contributed by atoms with van der Waals surface area (Å²) in [6.45, 7) is 4.95. The van der Waals surface area contributed by atoms with Crippen LogP contribution >= 0.6 is 8.25 Å². The van der Waals surface area contributed by atoms with E-state index in [2.05, 4.69) is 15.0 Å². The van der Waals surface area contributed by atoms with Crippen LogP contribution in [0.5, 0.6) is 11.6 Å². The number of benzene rings is 1. The normalized spacial score (nSPS) is 15.4. The van der Waals surface area contributed by atoms with Crippen LogP contribution in [0.3, 0.4) is 0 Å². The van der Waals surface area contributed by atoms with Crippen molar-refractivity contribution < 1.29 is 27.5 Å². The Balaban J connectivity index is 1.68. The van der Waals surface area contributed by atoms with E-state index in [0.29, 0.717) is 23.5 Å². The molecule has 2 N–H and O–H groups in total. The number of ether oxygens (including phenoxy) is 2. The number of imidazole rings is 1. The van der Waals surface area contributed by atoms with Crippen LogP contribution in [-0.4, -0.2) is 45.0 Å². The Labute approximate surface area is 179 Å². The summed E-state index contributed by atoms with van der Waals surface area (Å²) in [5, 5.41) is 0. The van der Waals surface area contributed by atoms with Gasteiger partial charge < -0.3 is 19.7 Å². The van der Waals surface area contributed by atoms with Crippen molar-refractivity contribution >= 4 is 25.4 Å². The highest BCUT2D eigenvalue weighted by molar-refractivity contribution is 7.33. The molecule has 0 saturated heterocycles. The molecular weight excluding hydrogens is 428 g/mol. The Kier molecular flexibility index (Phi) is 7.78. The van der Waals surface area contributed by atoms with E-state index in [9.17, 15) is 8.96 Å². The van der Waals surface area contributed by atoms with Gasteiger partial charge in [-0.3, -0.25) is 9.09 Å². The second-order valence-electron chi connectivity index (χ2n) is 6.57. The Morgan fingerprint density at radius 3 is 2.65 bits per heavy atom. The third-order valence-electron chi connectivity index (χ3n) is 4.27. The third kappa shape index (κ3) is 5.90. The van der Waals surface area contributed by atoms with Crippen LogP contribution in [0.1, 0.15) is 27.0 Å². The first-order valence-corrected chi connectivity index (χ1v) is 10.9. The zero-order valence-electron chi connectivity index (χ0n) is 17.4. The summed E-state index contributed by atoms with van der Waals surface area (Å²) in [6.07, 6.45) is -1.61. The number of anilines is 1. The van der Waals surface area contributed by atoms with Crippen LogP contribution in [0, 0.1) is 0 Å². The lowest BCUT2D eigenvalue weighted by atomic mass is 10.2. The Bertz CT molecular complexity index is 1020. The van der Waals surface area contributed by atoms with Crippen LogP contribution in [0.2, 0.25) is 0 Å². The number of fused-ring (bicyclic) bond motifs is 1. The fourth-order valence-electron chi connectivity index (χ4n) is 2.77. The quantitative estimate of drug-likeness (QED) is 0.434. The maximum atomic E-state index is 14.2. The molecule has 0 fully saturated rings. The SMILES string of the molecule is CCOc1nc(N)nc2c1ncn2[C@@H](C)O[C@H](CO[PH](=O)Oc1ccccc1)[C@H](C)F. The molecule has 1 aromatic carbocycles. The van der Waals surface area contributed by atoms with Gasteiger partial charge in [0.2, 0.25) is 11.8 Å². The summed E-state index contributed by atoms with van der Waals surface area (Å²) < 4.78 is 49.5. The Morgan fingerprint density at radius 2 is 1.97 bits per heavy atom. The topological polar surface area (TPSA) is 124 Å². The minimum Gasteiger partial charge on any atom is -0.476 e. The summed E-state index contributed by atoms with van der Waals surface area (Å²) in [7, 11) is -2.88. The molecule has 0 amide bonds. The number of halogens is 1. The third-order valence-corrected chi connectivity index (χ3v) is 5.08. The summed E-state index contributed by atoms with van der Waals surface area (Å²) in [5.41, 5.74) is 6.56. The number of nitrogens with zero attached hydrogens (tertiary/aromatic N) is 4. The highest BCUT2D eigenvalue weighted by atomic mass is 31.1. The Hall–Kier alpha value is -2.75. The molecule has 3 rings (SSSR count). The van der Waals surface area contributed by atoms with Gasteiger partial charge in [0.25, 0.3) is 0 Å². The van der Waals surface area contributed by atoms with E-state index in [1.807, 2.05) is 6.92 Å². The second-order valence-corrected chi connectivity index (χ2v) is 7.56. The Morgan fingerprint density at radius 1 is 1.23 bits per heavy atom. The molecule has 12 heteroatoms. The standard InChI is InChI=1S/C19H25FN5O5P/c1-4-27-18-16-17(23-19(21)24-18)25(11-22-16)13(3)29-15(12(2)20)10-28-31(26)30-14-8-6-5-7-9-14/h5-9,11-13,15,31H,4,10H2,1-3H3,(H2,21,23,24)/t12-,13+,15+/m0/s1. The van der Waals surface area contributed by atoms with Gasteiger partial charge >= 0.3 is 8.25 Å². The summed E-state index contributed by atoms with van der Waals surface area (Å²) in [5.74, 6) is 0.671. The lowest BCUT2D eigenvalue weighted by molar-refractivity contribution is -0.0881. The zero-order chi connectivity index (χ0) is 22.4. The van der Waals surface area contributed by atoms with E-state index in [4.69, 9.17) is 24.3 Å². The molecule has 31 heavy (non-hydrogen) atoms. The van der Waals surface area contributed by atoms with Crippen molar-refractivity contribution in [1.29, 1.82) is 0 Å². The van der Waals surface area contributed by atoms with Gasteiger partial charge in [-0.05, 0) is 32.9 Å². The van der Waals surface area contributed by atoms with E-state index in [1.165, 1.54) is 13.3 Å². The highest BCUT2D eigenvalue weighted by Gasteiger charge is 2.24. The maximum absolute atomic E-state index is 14.2. The first-order chi connectivity index (χ1) is 14.9. The lowest BCUT2D eigenvalue weighted by Gasteiger charge is -2.24. The minimum absolute atomic E-state index is 0.0142. The van der Waals surface area contributed by atoms with Crippen molar-refractivity contribution in [3.8, 4) is 11.6 Å². The molecular formula is C19H25FN5O5P. The molecule has 168 valence electrons. The molecule has 2 aromatic heterocycles. The average molecular weight is 453 g/mol. The van der Waals surface area contributed by atoms with Gasteiger partial charge in [-0.1, -0.05) is 18.2 Å². The van der Waals surface area contributed by atoms with Crippen LogP contribution in [0.15, 0.2) is 36.7 Å². The number of aromatic nitrogens is 4. The highest BCUT2D eigenvalue weighted by Crippen LogP contribution is 2.30. The predicted molar refractivity (Wildman–Crippen MR) is 113 cm³/mol. The van der Waals surface area contributed by atoms with Gasteiger partial charge in [0.15, 0.2) is 11.2 Å². The van der Waals surface area contributed by atoms with Crippen LogP contribution in [0.25, 0.3) is 11.2 Å². The average Bonchev–Trinajstić information content (AvgIpc) is 3.15. The number of hydrogen-bond acceptors (Lipinski definition) is 9. The summed E-state index contributed by atoms with van der Waals surface area (Å²) >= 11 is 0. The van der Waals surface area contributed by atoms with Crippen molar-refractivity contribution in [3.63, 3.8) is 0 Å². The molecule has 2 heterocycles. The maximum Gasteiger partial charge on any atom is 0.367 e. The van der Waals surface area contributed by atoms with Gasteiger partial charge in [0.05, 0.1) is 19.5 Å². The number of para-hydroxylation sites is 1. The smallest absolute Gasteiger partial charge is 0.367 e. The first kappa shape index (κ1) is 22.9. The van der Waals surface area contributed by atoms with Crippen molar-refractivity contribution in [3.05, 3.63) is 36.7 Å². The van der Waals surface area contributed by atoms with E-state index < -0.39 is 26.8 Å². The molecule has 0 bridgehead atoms. The monoisotopic (exact) mass is 453 g/mol. The minimum atomic E-state index is -2.88. The molecule has 0 radical (unpaired) electrons. The largest absolute Gasteiger partial charge is 0.476 e. The van der Waals surface area contributed by atoms with Gasteiger partial charge in [0.1, 0.15) is 24.3 Å². The molecule has 1 unspecified atom stereocenters. The van der Waals surface area contributed by atoms with Gasteiger partial charge in [0, 0.05) is 0 Å². The number of nitrogens with two attached hydrogens (primary N) is 1. The summed E-state index contributed by atoms with van der Waals surface area (Å²) in [6, 6.07) is 8.58. The second kappa shape index (κ2) is 10.5. The molecule has 3 aromatic rings. The fraction of sp³-hybridized carbons (Fsp3) is 0.421. The number of nitrogen functional groups attached to an aromatic ring is 1. The van der Waals surface area contributed by atoms with Crippen LogP contribution in [-0.2, 0) is 13.8 Å². The van der Waals surface area contributed by atoms with Gasteiger partial charge in [-0.15, -0.1) is 0 Å². The predicted octanol–water partition coefficient (Wildman–Crippen LogP) is 3.55. The van der Waals surface area contributed by atoms with Crippen molar-refractivity contribution in [2.75, 3.05) is 18.9 Å². The molecule has 0 aliphatic carbocycles. The van der Waals surface area contributed by atoms with Crippen LogP contribution < -0.4 is 15.0 Å². The van der Waals surface area contributed by atoms with E-state index in [0.717, 1.165) is 0 Å². The molecule has 4 atom stereocenters. The molecule has 0 saturated carbocycles. The van der Waals surface area contributed by atoms with E-state index in [-0.39, 0.29) is 18.4 Å². The number of rotatable bonds is 11. The molecule has 0 spiro atoms. The molecule has 0 aliphatic rings. The van der Waals surface area contributed by atoms with Gasteiger partial charge in [-0.25, -0.2) is 13.9 Å². The van der Waals surface area contributed by atoms with E-state index in [1.54, 1.807) is 41.8 Å². The van der Waals surface area contributed by atoms with Crippen LogP contribution in [0.4, 0.5) is 10.3 Å².